The van der Waals surface area contributed by atoms with E-state index < -0.39 is 6.04 Å². The monoisotopic (exact) mass is 488 g/mol. The smallest absolute Gasteiger partial charge is 0.247 e. The maximum atomic E-state index is 13.0. The number of rotatable bonds is 5. The SMILES string of the molecule is CC(=O)N1CCCC1C(=O)Nc1cc(Cl)cc(CN2CCN(C(=O)C3CCCC3)C(C)C2)c1C. The van der Waals surface area contributed by atoms with Crippen molar-refractivity contribution in [1.82, 2.24) is 14.7 Å². The number of hydrogen-bond donors (Lipinski definition) is 1. The molecule has 1 N–H and O–H groups in total. The van der Waals surface area contributed by atoms with Crippen LogP contribution in [0.2, 0.25) is 5.02 Å². The minimum atomic E-state index is -0.425. The molecule has 0 bridgehead atoms. The second-order valence-corrected chi connectivity index (χ2v) is 10.6. The van der Waals surface area contributed by atoms with Crippen LogP contribution in [-0.4, -0.2) is 70.7 Å². The minimum absolute atomic E-state index is 0.0687. The molecule has 1 aliphatic carbocycles. The summed E-state index contributed by atoms with van der Waals surface area (Å²) in [5.41, 5.74) is 2.76. The number of hydrogen-bond acceptors (Lipinski definition) is 4. The van der Waals surface area contributed by atoms with Crippen molar-refractivity contribution in [2.45, 2.75) is 77.9 Å². The molecule has 3 amide bonds. The first-order valence-electron chi connectivity index (χ1n) is 12.6. The Morgan fingerprint density at radius 3 is 2.44 bits per heavy atom. The summed E-state index contributed by atoms with van der Waals surface area (Å²) >= 11 is 6.44. The van der Waals surface area contributed by atoms with Crippen molar-refractivity contribution in [1.29, 1.82) is 0 Å². The number of piperazine rings is 1. The van der Waals surface area contributed by atoms with E-state index in [1.807, 2.05) is 13.0 Å². The second kappa shape index (κ2) is 10.6. The number of nitrogens with one attached hydrogen (secondary N) is 1. The first-order valence-corrected chi connectivity index (χ1v) is 13.0. The van der Waals surface area contributed by atoms with Crippen LogP contribution >= 0.6 is 11.6 Å². The van der Waals surface area contributed by atoms with Crippen molar-refractivity contribution in [2.24, 2.45) is 5.92 Å². The quantitative estimate of drug-likeness (QED) is 0.683. The first-order chi connectivity index (χ1) is 16.2. The van der Waals surface area contributed by atoms with Crippen molar-refractivity contribution in [3.63, 3.8) is 0 Å². The van der Waals surface area contributed by atoms with E-state index in [2.05, 4.69) is 22.0 Å². The van der Waals surface area contributed by atoms with Gasteiger partial charge in [-0.2, -0.15) is 0 Å². The molecule has 0 spiro atoms. The van der Waals surface area contributed by atoms with Crippen molar-refractivity contribution >= 4 is 35.0 Å². The Balaban J connectivity index is 1.41. The number of carbonyl (C=O) groups is 3. The number of halogens is 1. The predicted octanol–water partition coefficient (Wildman–Crippen LogP) is 3.82. The summed E-state index contributed by atoms with van der Waals surface area (Å²) in [6.45, 7) is 9.39. The Hall–Kier alpha value is -2.12. The Labute approximate surface area is 207 Å². The molecule has 3 aliphatic rings. The molecule has 1 aromatic carbocycles. The summed E-state index contributed by atoms with van der Waals surface area (Å²) in [7, 11) is 0. The lowest BCUT2D eigenvalue weighted by molar-refractivity contribution is -0.140. The molecule has 0 radical (unpaired) electrons. The van der Waals surface area contributed by atoms with E-state index in [-0.39, 0.29) is 23.8 Å². The number of benzene rings is 1. The summed E-state index contributed by atoms with van der Waals surface area (Å²) in [4.78, 5) is 43.8. The van der Waals surface area contributed by atoms with Gasteiger partial charge in [0.15, 0.2) is 0 Å². The first kappa shape index (κ1) is 25.0. The highest BCUT2D eigenvalue weighted by atomic mass is 35.5. The van der Waals surface area contributed by atoms with Crippen molar-refractivity contribution in [3.8, 4) is 0 Å². The highest BCUT2D eigenvalue weighted by molar-refractivity contribution is 6.31. The van der Waals surface area contributed by atoms with E-state index >= 15 is 0 Å². The molecule has 2 unspecified atom stereocenters. The maximum absolute atomic E-state index is 13.0. The van der Waals surface area contributed by atoms with Crippen LogP contribution in [0.1, 0.15) is 63.5 Å². The number of carbonyl (C=O) groups excluding carboxylic acids is 3. The van der Waals surface area contributed by atoms with Crippen molar-refractivity contribution in [2.75, 3.05) is 31.5 Å². The molecular weight excluding hydrogens is 452 g/mol. The van der Waals surface area contributed by atoms with Crippen LogP contribution in [0.25, 0.3) is 0 Å². The van der Waals surface area contributed by atoms with Crippen LogP contribution in [-0.2, 0) is 20.9 Å². The van der Waals surface area contributed by atoms with Crippen LogP contribution < -0.4 is 5.32 Å². The topological polar surface area (TPSA) is 73.0 Å². The fourth-order valence-corrected chi connectivity index (χ4v) is 6.05. The van der Waals surface area contributed by atoms with Gasteiger partial charge in [0.1, 0.15) is 6.04 Å². The van der Waals surface area contributed by atoms with E-state index in [4.69, 9.17) is 11.6 Å². The fourth-order valence-electron chi connectivity index (χ4n) is 5.81. The van der Waals surface area contributed by atoms with Crippen molar-refractivity contribution in [3.05, 3.63) is 28.3 Å². The third kappa shape index (κ3) is 5.41. The molecular formula is C26H37ClN4O3. The molecule has 2 atom stereocenters. The van der Waals surface area contributed by atoms with Gasteiger partial charge in [-0.15, -0.1) is 0 Å². The standard InChI is InChI=1S/C26H37ClN4O3/c1-17-15-29(11-12-30(17)26(34)20-7-4-5-8-20)16-21-13-22(27)14-23(18(21)2)28-25(33)24-9-6-10-31(24)19(3)32/h13-14,17,20,24H,4-12,15-16H2,1-3H3,(H,28,33). The zero-order chi connectivity index (χ0) is 24.4. The van der Waals surface area contributed by atoms with Crippen LogP contribution in [0.4, 0.5) is 5.69 Å². The number of nitrogens with zero attached hydrogens (tertiary/aromatic N) is 3. The third-order valence-corrected chi connectivity index (χ3v) is 8.01. The highest BCUT2D eigenvalue weighted by Crippen LogP contribution is 2.30. The summed E-state index contributed by atoms with van der Waals surface area (Å²) in [6.07, 6.45) is 5.93. The average Bonchev–Trinajstić information content (AvgIpc) is 3.49. The van der Waals surface area contributed by atoms with Gasteiger partial charge in [0.05, 0.1) is 0 Å². The normalized spacial score (nSPS) is 24.0. The number of amides is 3. The zero-order valence-corrected chi connectivity index (χ0v) is 21.4. The van der Waals surface area contributed by atoms with Gasteiger partial charge in [0.2, 0.25) is 17.7 Å². The van der Waals surface area contributed by atoms with Crippen LogP contribution in [0.3, 0.4) is 0 Å². The lowest BCUT2D eigenvalue weighted by atomic mass is 10.0. The van der Waals surface area contributed by atoms with E-state index in [0.717, 1.165) is 50.0 Å². The van der Waals surface area contributed by atoms with Gasteiger partial charge >= 0.3 is 0 Å². The van der Waals surface area contributed by atoms with Gasteiger partial charge in [-0.1, -0.05) is 24.4 Å². The minimum Gasteiger partial charge on any atom is -0.337 e. The molecule has 4 rings (SSSR count). The molecule has 2 aliphatic heterocycles. The summed E-state index contributed by atoms with van der Waals surface area (Å²) < 4.78 is 0. The highest BCUT2D eigenvalue weighted by Gasteiger charge is 2.34. The Kier molecular flexibility index (Phi) is 7.83. The summed E-state index contributed by atoms with van der Waals surface area (Å²) in [6, 6.07) is 3.50. The predicted molar refractivity (Wildman–Crippen MR) is 134 cm³/mol. The van der Waals surface area contributed by atoms with Crippen LogP contribution in [0.5, 0.6) is 0 Å². The Morgan fingerprint density at radius 1 is 1.03 bits per heavy atom. The number of likely N-dealkylation sites (tertiary alicyclic amines) is 1. The van der Waals surface area contributed by atoms with Gasteiger partial charge in [0.25, 0.3) is 0 Å². The third-order valence-electron chi connectivity index (χ3n) is 7.79. The van der Waals surface area contributed by atoms with Gasteiger partial charge < -0.3 is 15.1 Å². The number of anilines is 1. The largest absolute Gasteiger partial charge is 0.337 e. The maximum Gasteiger partial charge on any atom is 0.247 e. The molecule has 34 heavy (non-hydrogen) atoms. The molecule has 1 saturated carbocycles. The Morgan fingerprint density at radius 2 is 1.76 bits per heavy atom. The van der Waals surface area contributed by atoms with E-state index in [0.29, 0.717) is 36.1 Å². The second-order valence-electron chi connectivity index (χ2n) is 10.2. The van der Waals surface area contributed by atoms with Gasteiger partial charge in [0, 0.05) is 62.3 Å². The molecule has 2 saturated heterocycles. The molecule has 1 aromatic rings. The molecule has 2 heterocycles. The summed E-state index contributed by atoms with van der Waals surface area (Å²) in [5, 5.41) is 3.61. The molecule has 7 nitrogen and oxygen atoms in total. The van der Waals surface area contributed by atoms with Gasteiger partial charge in [-0.3, -0.25) is 19.3 Å². The molecule has 3 fully saturated rings. The molecule has 186 valence electrons. The Bertz CT molecular complexity index is 946. The van der Waals surface area contributed by atoms with Gasteiger partial charge in [-0.05, 0) is 62.8 Å². The van der Waals surface area contributed by atoms with E-state index in [1.165, 1.54) is 19.8 Å². The summed E-state index contributed by atoms with van der Waals surface area (Å²) in [5.74, 6) is 0.326. The molecule has 8 heteroatoms. The van der Waals surface area contributed by atoms with E-state index in [1.54, 1.807) is 11.0 Å². The van der Waals surface area contributed by atoms with Crippen LogP contribution in [0.15, 0.2) is 12.1 Å². The van der Waals surface area contributed by atoms with E-state index in [9.17, 15) is 14.4 Å². The van der Waals surface area contributed by atoms with Crippen LogP contribution in [0, 0.1) is 12.8 Å². The fraction of sp³-hybridized carbons (Fsp3) is 0.654. The lowest BCUT2D eigenvalue weighted by Gasteiger charge is -2.41. The average molecular weight is 489 g/mol. The van der Waals surface area contributed by atoms with Gasteiger partial charge in [-0.25, -0.2) is 0 Å². The zero-order valence-electron chi connectivity index (χ0n) is 20.6. The van der Waals surface area contributed by atoms with Crippen molar-refractivity contribution < 1.29 is 14.4 Å². The molecule has 0 aromatic heterocycles. The lowest BCUT2D eigenvalue weighted by Crippen LogP contribution is -2.54.